The highest BCUT2D eigenvalue weighted by Gasteiger charge is 2.21. The van der Waals surface area contributed by atoms with Crippen LogP contribution in [0.2, 0.25) is 0 Å². The van der Waals surface area contributed by atoms with Gasteiger partial charge in [0.05, 0.1) is 16.7 Å². The Morgan fingerprint density at radius 2 is 1.87 bits per heavy atom. The summed E-state index contributed by atoms with van der Waals surface area (Å²) in [6, 6.07) is 15.7. The summed E-state index contributed by atoms with van der Waals surface area (Å²) in [6.45, 7) is 7.19. The van der Waals surface area contributed by atoms with Crippen molar-refractivity contribution in [2.75, 3.05) is 44.2 Å². The number of piperazine rings is 1. The predicted molar refractivity (Wildman–Crippen MR) is 122 cm³/mol. The van der Waals surface area contributed by atoms with Gasteiger partial charge in [0.2, 0.25) is 0 Å². The van der Waals surface area contributed by atoms with Crippen LogP contribution in [0, 0.1) is 0 Å². The van der Waals surface area contributed by atoms with E-state index in [1.54, 1.807) is 6.07 Å². The third-order valence-corrected chi connectivity index (χ3v) is 5.41. The summed E-state index contributed by atoms with van der Waals surface area (Å²) in [6.07, 6.45) is 1.84. The summed E-state index contributed by atoms with van der Waals surface area (Å²) in [5.74, 6) is 2.34. The summed E-state index contributed by atoms with van der Waals surface area (Å²) >= 11 is 0. The number of phenolic OH excluding ortho intramolecular Hbond substituents is 1. The van der Waals surface area contributed by atoms with Crippen molar-refractivity contribution in [2.45, 2.75) is 19.8 Å². The number of nitrogens with one attached hydrogen (secondary N) is 2. The molecule has 7 heteroatoms. The monoisotopic (exact) mass is 406 g/mol. The van der Waals surface area contributed by atoms with Gasteiger partial charge in [0.15, 0.2) is 5.96 Å². The molecule has 3 aromatic rings. The van der Waals surface area contributed by atoms with E-state index in [0.717, 1.165) is 80.6 Å². The van der Waals surface area contributed by atoms with Crippen molar-refractivity contribution < 1.29 is 5.11 Å². The van der Waals surface area contributed by atoms with Gasteiger partial charge in [0.25, 0.3) is 0 Å². The second kappa shape index (κ2) is 9.52. The molecule has 2 heterocycles. The number of imidazole rings is 1. The summed E-state index contributed by atoms with van der Waals surface area (Å²) < 4.78 is 0. The molecule has 0 amide bonds. The Bertz CT molecular complexity index is 957. The lowest BCUT2D eigenvalue weighted by Crippen LogP contribution is -2.52. The van der Waals surface area contributed by atoms with Gasteiger partial charge in [-0.2, -0.15) is 0 Å². The molecule has 30 heavy (non-hydrogen) atoms. The molecule has 0 atom stereocenters. The number of hydrogen-bond donors (Lipinski definition) is 3. The minimum atomic E-state index is 0.345. The van der Waals surface area contributed by atoms with E-state index in [-0.39, 0.29) is 0 Å². The molecule has 1 fully saturated rings. The number of fused-ring (bicyclic) bond motifs is 1. The SMILES string of the molecule is CCNC(=NCCCc1nc2ccccc2[nH]1)N1CCN(c2ccccc2O)CC1. The molecule has 4 rings (SSSR count). The Labute approximate surface area is 177 Å². The Kier molecular flexibility index (Phi) is 6.37. The van der Waals surface area contributed by atoms with Crippen LogP contribution >= 0.6 is 0 Å². The van der Waals surface area contributed by atoms with Crippen LogP contribution in [0.25, 0.3) is 11.0 Å². The normalized spacial score (nSPS) is 15.0. The number of aromatic hydroxyl groups is 1. The number of benzene rings is 2. The zero-order valence-corrected chi connectivity index (χ0v) is 17.5. The Balaban J connectivity index is 1.31. The highest BCUT2D eigenvalue weighted by Crippen LogP contribution is 2.27. The van der Waals surface area contributed by atoms with Crippen molar-refractivity contribution >= 4 is 22.7 Å². The Morgan fingerprint density at radius 1 is 1.10 bits per heavy atom. The molecule has 1 aliphatic heterocycles. The van der Waals surface area contributed by atoms with Crippen LogP contribution < -0.4 is 10.2 Å². The van der Waals surface area contributed by atoms with Gasteiger partial charge in [-0.1, -0.05) is 24.3 Å². The Hall–Kier alpha value is -3.22. The fraction of sp³-hybridized carbons (Fsp3) is 0.391. The standard InChI is InChI=1S/C23H30N6O/c1-2-24-23(25-13-7-12-22-26-18-8-3-4-9-19(18)27-22)29-16-14-28(15-17-29)20-10-5-6-11-21(20)30/h3-6,8-11,30H,2,7,12-17H2,1H3,(H,24,25)(H,26,27). The number of hydrogen-bond acceptors (Lipinski definition) is 4. The van der Waals surface area contributed by atoms with Crippen LogP contribution in [0.3, 0.4) is 0 Å². The van der Waals surface area contributed by atoms with Crippen LogP contribution in [0.1, 0.15) is 19.2 Å². The molecule has 0 bridgehead atoms. The van der Waals surface area contributed by atoms with Crippen molar-refractivity contribution in [3.05, 3.63) is 54.4 Å². The predicted octanol–water partition coefficient (Wildman–Crippen LogP) is 2.99. The molecule has 2 aromatic carbocycles. The number of anilines is 1. The van der Waals surface area contributed by atoms with E-state index in [2.05, 4.69) is 38.1 Å². The molecule has 1 saturated heterocycles. The number of rotatable bonds is 6. The van der Waals surface area contributed by atoms with Crippen LogP contribution in [0.15, 0.2) is 53.5 Å². The highest BCUT2D eigenvalue weighted by atomic mass is 16.3. The van der Waals surface area contributed by atoms with Crippen LogP contribution in [-0.2, 0) is 6.42 Å². The second-order valence-electron chi connectivity index (χ2n) is 7.50. The molecule has 3 N–H and O–H groups in total. The van der Waals surface area contributed by atoms with Crippen LogP contribution in [-0.4, -0.2) is 65.2 Å². The first-order valence-electron chi connectivity index (χ1n) is 10.7. The lowest BCUT2D eigenvalue weighted by Gasteiger charge is -2.37. The quantitative estimate of drug-likeness (QED) is 0.333. The highest BCUT2D eigenvalue weighted by molar-refractivity contribution is 5.80. The first kappa shape index (κ1) is 20.1. The molecule has 158 valence electrons. The number of guanidine groups is 1. The van der Waals surface area contributed by atoms with Gasteiger partial charge in [-0.15, -0.1) is 0 Å². The average molecular weight is 407 g/mol. The largest absolute Gasteiger partial charge is 0.506 e. The van der Waals surface area contributed by atoms with Gasteiger partial charge in [0.1, 0.15) is 11.6 Å². The molecule has 1 aliphatic rings. The number of phenols is 1. The van der Waals surface area contributed by atoms with E-state index in [9.17, 15) is 5.11 Å². The van der Waals surface area contributed by atoms with E-state index in [1.165, 1.54) is 0 Å². The van der Waals surface area contributed by atoms with Crippen molar-refractivity contribution in [2.24, 2.45) is 4.99 Å². The molecule has 0 saturated carbocycles. The number of para-hydroxylation sites is 4. The van der Waals surface area contributed by atoms with Gasteiger partial charge in [0, 0.05) is 45.7 Å². The van der Waals surface area contributed by atoms with Gasteiger partial charge in [-0.25, -0.2) is 4.98 Å². The molecular weight excluding hydrogens is 376 g/mol. The Morgan fingerprint density at radius 3 is 2.63 bits per heavy atom. The van der Waals surface area contributed by atoms with Gasteiger partial charge in [-0.05, 0) is 37.6 Å². The zero-order valence-electron chi connectivity index (χ0n) is 17.5. The van der Waals surface area contributed by atoms with Crippen molar-refractivity contribution in [1.29, 1.82) is 0 Å². The molecule has 0 spiro atoms. The van der Waals surface area contributed by atoms with E-state index in [0.29, 0.717) is 5.75 Å². The van der Waals surface area contributed by atoms with E-state index in [1.807, 2.05) is 36.4 Å². The average Bonchev–Trinajstić information content (AvgIpc) is 3.19. The molecular formula is C23H30N6O. The zero-order chi connectivity index (χ0) is 20.8. The molecule has 0 aliphatic carbocycles. The molecule has 7 nitrogen and oxygen atoms in total. The van der Waals surface area contributed by atoms with Crippen LogP contribution in [0.4, 0.5) is 5.69 Å². The van der Waals surface area contributed by atoms with E-state index >= 15 is 0 Å². The molecule has 1 aromatic heterocycles. The number of aliphatic imine (C=N–C) groups is 1. The van der Waals surface area contributed by atoms with Gasteiger partial charge >= 0.3 is 0 Å². The van der Waals surface area contributed by atoms with Crippen molar-refractivity contribution in [1.82, 2.24) is 20.2 Å². The fourth-order valence-corrected chi connectivity index (χ4v) is 3.87. The number of nitrogens with zero attached hydrogens (tertiary/aromatic N) is 4. The fourth-order valence-electron chi connectivity index (χ4n) is 3.87. The molecule has 0 unspecified atom stereocenters. The van der Waals surface area contributed by atoms with E-state index in [4.69, 9.17) is 4.99 Å². The number of aromatic amines is 1. The van der Waals surface area contributed by atoms with Crippen molar-refractivity contribution in [3.8, 4) is 5.75 Å². The lowest BCUT2D eigenvalue weighted by molar-refractivity contribution is 0.369. The smallest absolute Gasteiger partial charge is 0.194 e. The third kappa shape index (κ3) is 4.67. The van der Waals surface area contributed by atoms with Gasteiger partial charge < -0.3 is 25.2 Å². The first-order chi connectivity index (χ1) is 14.7. The van der Waals surface area contributed by atoms with Gasteiger partial charge in [-0.3, -0.25) is 4.99 Å². The summed E-state index contributed by atoms with van der Waals surface area (Å²) in [7, 11) is 0. The maximum Gasteiger partial charge on any atom is 0.194 e. The number of H-pyrrole nitrogens is 1. The summed E-state index contributed by atoms with van der Waals surface area (Å²) in [4.78, 5) is 17.4. The number of aromatic nitrogens is 2. The number of aryl methyl sites for hydroxylation is 1. The summed E-state index contributed by atoms with van der Waals surface area (Å²) in [5, 5.41) is 13.5. The molecule has 0 radical (unpaired) electrons. The second-order valence-corrected chi connectivity index (χ2v) is 7.50. The maximum absolute atomic E-state index is 10.1. The minimum absolute atomic E-state index is 0.345. The summed E-state index contributed by atoms with van der Waals surface area (Å²) in [5.41, 5.74) is 3.02. The first-order valence-corrected chi connectivity index (χ1v) is 10.7. The maximum atomic E-state index is 10.1. The lowest BCUT2D eigenvalue weighted by atomic mass is 10.2. The minimum Gasteiger partial charge on any atom is -0.506 e. The van der Waals surface area contributed by atoms with Crippen molar-refractivity contribution in [3.63, 3.8) is 0 Å². The topological polar surface area (TPSA) is 79.8 Å². The van der Waals surface area contributed by atoms with E-state index < -0.39 is 0 Å². The van der Waals surface area contributed by atoms with Crippen LogP contribution in [0.5, 0.6) is 5.75 Å². The third-order valence-electron chi connectivity index (χ3n) is 5.41.